The fourth-order valence-electron chi connectivity index (χ4n) is 1.36. The molecule has 4 heteroatoms. The predicted molar refractivity (Wildman–Crippen MR) is 70.0 cm³/mol. The maximum absolute atomic E-state index is 12.6. The van der Waals surface area contributed by atoms with Crippen molar-refractivity contribution >= 4 is 11.8 Å². The summed E-state index contributed by atoms with van der Waals surface area (Å²) in [4.78, 5) is 11.4. The Balaban J connectivity index is 2.27. The maximum atomic E-state index is 12.6. The third-order valence-electron chi connectivity index (χ3n) is 3.04. The molecule has 100 valence electrons. The molecule has 0 saturated heterocycles. The van der Waals surface area contributed by atoms with E-state index in [9.17, 15) is 9.18 Å². The van der Waals surface area contributed by atoms with E-state index in [-0.39, 0.29) is 5.82 Å². The van der Waals surface area contributed by atoms with Gasteiger partial charge in [0.2, 0.25) is 0 Å². The zero-order chi connectivity index (χ0) is 13.5. The van der Waals surface area contributed by atoms with E-state index in [2.05, 4.69) is 26.1 Å². The molecule has 0 saturated carbocycles. The van der Waals surface area contributed by atoms with E-state index in [1.165, 1.54) is 24.3 Å². The third-order valence-corrected chi connectivity index (χ3v) is 3.04. The Bertz CT molecular complexity index is 376. The third kappa shape index (κ3) is 5.17. The lowest BCUT2D eigenvalue weighted by Gasteiger charge is -2.15. The van der Waals surface area contributed by atoms with Crippen molar-refractivity contribution in [2.24, 2.45) is 11.8 Å². The van der Waals surface area contributed by atoms with Crippen molar-refractivity contribution in [1.29, 1.82) is 0 Å². The summed E-state index contributed by atoms with van der Waals surface area (Å²) in [5.41, 5.74) is 0.526. The summed E-state index contributed by atoms with van der Waals surface area (Å²) >= 11 is 0. The summed E-state index contributed by atoms with van der Waals surface area (Å²) in [5.74, 6) is 0.761. The van der Waals surface area contributed by atoms with E-state index >= 15 is 0 Å². The molecule has 0 aliphatic heterocycles. The molecule has 1 amide bonds. The van der Waals surface area contributed by atoms with Crippen LogP contribution in [-0.4, -0.2) is 12.7 Å². The fourth-order valence-corrected chi connectivity index (χ4v) is 1.36. The van der Waals surface area contributed by atoms with Gasteiger partial charge in [0.05, 0.1) is 6.61 Å². The van der Waals surface area contributed by atoms with Crippen LogP contribution in [-0.2, 0) is 4.74 Å². The van der Waals surface area contributed by atoms with Crippen molar-refractivity contribution in [3.63, 3.8) is 0 Å². The Morgan fingerprint density at radius 2 is 1.89 bits per heavy atom. The molecular weight excluding hydrogens is 233 g/mol. The number of hydrogen-bond donors (Lipinski definition) is 1. The zero-order valence-electron chi connectivity index (χ0n) is 11.1. The number of carbonyl (C=O) groups is 1. The number of amides is 1. The topological polar surface area (TPSA) is 38.3 Å². The average molecular weight is 253 g/mol. The van der Waals surface area contributed by atoms with Crippen molar-refractivity contribution < 1.29 is 13.9 Å². The first-order valence-electron chi connectivity index (χ1n) is 6.18. The highest BCUT2D eigenvalue weighted by molar-refractivity contribution is 5.84. The van der Waals surface area contributed by atoms with E-state index in [1.807, 2.05) is 0 Å². The molecule has 1 aromatic rings. The van der Waals surface area contributed by atoms with Gasteiger partial charge in [-0.2, -0.15) is 0 Å². The molecule has 0 aromatic heterocycles. The normalized spacial score (nSPS) is 12.3. The monoisotopic (exact) mass is 253 g/mol. The average Bonchev–Trinajstić information content (AvgIpc) is 2.32. The molecule has 0 heterocycles. The van der Waals surface area contributed by atoms with E-state index in [0.29, 0.717) is 24.1 Å². The zero-order valence-corrected chi connectivity index (χ0v) is 11.1. The van der Waals surface area contributed by atoms with Gasteiger partial charge in [-0.1, -0.05) is 20.8 Å². The second-order valence-electron chi connectivity index (χ2n) is 4.78. The summed E-state index contributed by atoms with van der Waals surface area (Å²) in [7, 11) is 0. The van der Waals surface area contributed by atoms with Gasteiger partial charge >= 0.3 is 6.09 Å². The van der Waals surface area contributed by atoms with Crippen LogP contribution in [0.5, 0.6) is 0 Å². The van der Waals surface area contributed by atoms with Crippen molar-refractivity contribution in [2.75, 3.05) is 11.9 Å². The van der Waals surface area contributed by atoms with Crippen LogP contribution in [0.3, 0.4) is 0 Å². The van der Waals surface area contributed by atoms with E-state index in [4.69, 9.17) is 4.74 Å². The predicted octanol–water partition coefficient (Wildman–Crippen LogP) is 4.06. The minimum absolute atomic E-state index is 0.334. The Kier molecular flexibility index (Phi) is 5.62. The molecule has 1 atom stereocenters. The second-order valence-corrected chi connectivity index (χ2v) is 4.78. The van der Waals surface area contributed by atoms with Crippen LogP contribution < -0.4 is 5.32 Å². The summed E-state index contributed by atoms with van der Waals surface area (Å²) in [6.07, 6.45) is 0.340. The van der Waals surface area contributed by atoms with Gasteiger partial charge in [0, 0.05) is 5.69 Å². The Hall–Kier alpha value is -1.58. The molecule has 1 N–H and O–H groups in total. The first-order chi connectivity index (χ1) is 8.49. The van der Waals surface area contributed by atoms with E-state index in [1.54, 1.807) is 0 Å². The lowest BCUT2D eigenvalue weighted by molar-refractivity contribution is 0.150. The molecule has 1 rings (SSSR count). The van der Waals surface area contributed by atoms with Crippen molar-refractivity contribution in [3.8, 4) is 0 Å². The summed E-state index contributed by atoms with van der Waals surface area (Å²) in [6.45, 7) is 6.81. The number of nitrogens with one attached hydrogen (secondary N) is 1. The van der Waals surface area contributed by atoms with Gasteiger partial charge in [-0.3, -0.25) is 5.32 Å². The minimum Gasteiger partial charge on any atom is -0.449 e. The largest absolute Gasteiger partial charge is 0.449 e. The summed E-state index contributed by atoms with van der Waals surface area (Å²) in [6, 6.07) is 5.56. The van der Waals surface area contributed by atoms with Crippen molar-refractivity contribution in [1.82, 2.24) is 0 Å². The lowest BCUT2D eigenvalue weighted by atomic mass is 9.95. The van der Waals surface area contributed by atoms with E-state index in [0.717, 1.165) is 6.42 Å². The fraction of sp³-hybridized carbons (Fsp3) is 0.500. The molecule has 0 aliphatic rings. The van der Waals surface area contributed by atoms with Gasteiger partial charge in [0.1, 0.15) is 5.82 Å². The number of anilines is 1. The highest BCUT2D eigenvalue weighted by Crippen LogP contribution is 2.14. The molecule has 18 heavy (non-hydrogen) atoms. The molecule has 0 spiro atoms. The molecule has 0 aliphatic carbocycles. The molecular formula is C14H20FNO2. The first-order valence-corrected chi connectivity index (χ1v) is 6.18. The Labute approximate surface area is 107 Å². The maximum Gasteiger partial charge on any atom is 0.411 e. The minimum atomic E-state index is -0.502. The van der Waals surface area contributed by atoms with Gasteiger partial charge < -0.3 is 4.74 Å². The van der Waals surface area contributed by atoms with Crippen LogP contribution in [0.1, 0.15) is 27.2 Å². The van der Waals surface area contributed by atoms with Crippen LogP contribution in [0.2, 0.25) is 0 Å². The molecule has 0 radical (unpaired) electrons. The Morgan fingerprint density at radius 3 is 2.44 bits per heavy atom. The smallest absolute Gasteiger partial charge is 0.411 e. The van der Waals surface area contributed by atoms with Gasteiger partial charge in [0.25, 0.3) is 0 Å². The van der Waals surface area contributed by atoms with Crippen LogP contribution >= 0.6 is 0 Å². The van der Waals surface area contributed by atoms with Gasteiger partial charge in [-0.05, 0) is 42.5 Å². The van der Waals surface area contributed by atoms with Gasteiger partial charge in [0.15, 0.2) is 0 Å². The Morgan fingerprint density at radius 1 is 1.28 bits per heavy atom. The lowest BCUT2D eigenvalue weighted by Crippen LogP contribution is -2.16. The number of halogens is 1. The van der Waals surface area contributed by atoms with Crippen LogP contribution in [0.15, 0.2) is 24.3 Å². The molecule has 1 aromatic carbocycles. The standard InChI is InChI=1S/C14H20FNO2/c1-10(2)11(3)8-9-18-14(17)16-13-6-4-12(15)5-7-13/h4-7,10-11H,8-9H2,1-3H3,(H,16,17)/t11-/m1/s1. The summed E-state index contributed by atoms with van der Waals surface area (Å²) < 4.78 is 17.7. The molecule has 0 bridgehead atoms. The number of carbonyl (C=O) groups excluding carboxylic acids is 1. The van der Waals surface area contributed by atoms with Crippen molar-refractivity contribution in [2.45, 2.75) is 27.2 Å². The molecule has 0 fully saturated rings. The highest BCUT2D eigenvalue weighted by atomic mass is 19.1. The van der Waals surface area contributed by atoms with Crippen LogP contribution in [0.4, 0.5) is 14.9 Å². The second kappa shape index (κ2) is 6.99. The highest BCUT2D eigenvalue weighted by Gasteiger charge is 2.09. The number of ether oxygens (including phenoxy) is 1. The SMILES string of the molecule is CC(C)[C@H](C)CCOC(=O)Nc1ccc(F)cc1. The van der Waals surface area contributed by atoms with E-state index < -0.39 is 6.09 Å². The number of hydrogen-bond acceptors (Lipinski definition) is 2. The van der Waals surface area contributed by atoms with Crippen molar-refractivity contribution in [3.05, 3.63) is 30.1 Å². The van der Waals surface area contributed by atoms with Crippen LogP contribution in [0.25, 0.3) is 0 Å². The number of rotatable bonds is 5. The summed E-state index contributed by atoms with van der Waals surface area (Å²) in [5, 5.41) is 2.54. The first kappa shape index (κ1) is 14.5. The van der Waals surface area contributed by atoms with Gasteiger partial charge in [-0.25, -0.2) is 9.18 Å². The number of benzene rings is 1. The quantitative estimate of drug-likeness (QED) is 0.859. The molecule has 0 unspecified atom stereocenters. The molecule has 3 nitrogen and oxygen atoms in total. The van der Waals surface area contributed by atoms with Crippen LogP contribution in [0, 0.1) is 17.7 Å². The van der Waals surface area contributed by atoms with Gasteiger partial charge in [-0.15, -0.1) is 0 Å².